The molecule has 2 rings (SSSR count). The van der Waals surface area contributed by atoms with E-state index >= 15 is 0 Å². The van der Waals surface area contributed by atoms with Crippen LogP contribution in [0.15, 0.2) is 0 Å². The molecule has 212 valence electrons. The van der Waals surface area contributed by atoms with E-state index in [0.717, 1.165) is 31.8 Å². The SMILES string of the molecule is CCCCCCCC(CCCCC)C(=O)N1CCC2(CCN(CC(CCCC)CCCC)CC2)CC1. The summed E-state index contributed by atoms with van der Waals surface area (Å²) in [5.41, 5.74) is 0.521. The summed E-state index contributed by atoms with van der Waals surface area (Å²) in [5, 5.41) is 0. The third-order valence-electron chi connectivity index (χ3n) is 9.66. The number of piperidine rings is 2. The number of carbonyl (C=O) groups excluding carboxylic acids is 1. The largest absolute Gasteiger partial charge is 0.342 e. The number of hydrogen-bond donors (Lipinski definition) is 0. The summed E-state index contributed by atoms with van der Waals surface area (Å²) in [6.07, 6.45) is 26.1. The second-order valence-electron chi connectivity index (χ2n) is 12.7. The fourth-order valence-electron chi connectivity index (χ4n) is 6.87. The van der Waals surface area contributed by atoms with Crippen LogP contribution in [0.2, 0.25) is 0 Å². The lowest BCUT2D eigenvalue weighted by Crippen LogP contribution is -2.50. The standard InChI is InChI=1S/C33H64N2O/c1-5-9-13-14-16-20-31(19-15-10-6-2)32(36)35-27-23-33(24-28-35)21-25-34(26-22-33)29-30(17-11-7-3)18-12-8-4/h30-31H,5-29H2,1-4H3. The van der Waals surface area contributed by atoms with Gasteiger partial charge in [0.1, 0.15) is 0 Å². The van der Waals surface area contributed by atoms with Crippen molar-refractivity contribution in [2.45, 2.75) is 156 Å². The van der Waals surface area contributed by atoms with Crippen LogP contribution in [0.1, 0.15) is 156 Å². The van der Waals surface area contributed by atoms with Gasteiger partial charge in [0.05, 0.1) is 0 Å². The molecule has 0 bridgehead atoms. The molecule has 0 aromatic carbocycles. The molecule has 2 saturated heterocycles. The van der Waals surface area contributed by atoms with Gasteiger partial charge in [-0.1, -0.05) is 105 Å². The van der Waals surface area contributed by atoms with Crippen molar-refractivity contribution in [1.82, 2.24) is 9.80 Å². The summed E-state index contributed by atoms with van der Waals surface area (Å²) in [6, 6.07) is 0. The lowest BCUT2D eigenvalue weighted by Gasteiger charge is -2.48. The second-order valence-corrected chi connectivity index (χ2v) is 12.7. The first kappa shape index (κ1) is 31.6. The van der Waals surface area contributed by atoms with Crippen LogP contribution in [0.5, 0.6) is 0 Å². The van der Waals surface area contributed by atoms with Crippen LogP contribution >= 0.6 is 0 Å². The van der Waals surface area contributed by atoms with Crippen molar-refractivity contribution in [3.8, 4) is 0 Å². The number of rotatable bonds is 19. The molecule has 2 aliphatic heterocycles. The van der Waals surface area contributed by atoms with Gasteiger partial charge in [0.25, 0.3) is 0 Å². The van der Waals surface area contributed by atoms with Crippen LogP contribution in [0.4, 0.5) is 0 Å². The van der Waals surface area contributed by atoms with Crippen molar-refractivity contribution in [2.75, 3.05) is 32.7 Å². The van der Waals surface area contributed by atoms with E-state index in [9.17, 15) is 4.79 Å². The van der Waals surface area contributed by atoms with Gasteiger partial charge in [-0.05, 0) is 75.8 Å². The molecule has 1 unspecified atom stereocenters. The maximum Gasteiger partial charge on any atom is 0.225 e. The predicted octanol–water partition coefficient (Wildman–Crippen LogP) is 9.24. The molecule has 0 aromatic rings. The van der Waals surface area contributed by atoms with Gasteiger partial charge in [0.15, 0.2) is 0 Å². The van der Waals surface area contributed by atoms with E-state index in [1.54, 1.807) is 0 Å². The summed E-state index contributed by atoms with van der Waals surface area (Å²) in [4.78, 5) is 18.6. The summed E-state index contributed by atoms with van der Waals surface area (Å²) in [5.74, 6) is 1.70. The summed E-state index contributed by atoms with van der Waals surface area (Å²) in [7, 11) is 0. The predicted molar refractivity (Wildman–Crippen MR) is 157 cm³/mol. The van der Waals surface area contributed by atoms with Gasteiger partial charge < -0.3 is 9.80 Å². The highest BCUT2D eigenvalue weighted by Crippen LogP contribution is 2.42. The quantitative estimate of drug-likeness (QED) is 0.164. The van der Waals surface area contributed by atoms with E-state index < -0.39 is 0 Å². The normalized spacial score (nSPS) is 19.3. The van der Waals surface area contributed by atoms with Gasteiger partial charge in [-0.2, -0.15) is 0 Å². The molecule has 2 aliphatic rings. The second kappa shape index (κ2) is 18.6. The summed E-state index contributed by atoms with van der Waals surface area (Å²) in [6.45, 7) is 15.2. The average molecular weight is 505 g/mol. The smallest absolute Gasteiger partial charge is 0.225 e. The minimum absolute atomic E-state index is 0.289. The highest BCUT2D eigenvalue weighted by Gasteiger charge is 2.39. The zero-order chi connectivity index (χ0) is 26.1. The number of hydrogen-bond acceptors (Lipinski definition) is 2. The first-order chi connectivity index (χ1) is 17.6. The highest BCUT2D eigenvalue weighted by atomic mass is 16.2. The summed E-state index contributed by atoms with van der Waals surface area (Å²) < 4.78 is 0. The fraction of sp³-hybridized carbons (Fsp3) is 0.970. The van der Waals surface area contributed by atoms with Crippen molar-refractivity contribution in [2.24, 2.45) is 17.3 Å². The maximum absolute atomic E-state index is 13.5. The highest BCUT2D eigenvalue weighted by molar-refractivity contribution is 5.78. The van der Waals surface area contributed by atoms with Crippen molar-refractivity contribution < 1.29 is 4.79 Å². The zero-order valence-electron chi connectivity index (χ0n) is 25.1. The van der Waals surface area contributed by atoms with Crippen LogP contribution in [0.25, 0.3) is 0 Å². The van der Waals surface area contributed by atoms with Gasteiger partial charge in [-0.15, -0.1) is 0 Å². The van der Waals surface area contributed by atoms with Crippen molar-refractivity contribution in [3.63, 3.8) is 0 Å². The number of amides is 1. The third kappa shape index (κ3) is 11.4. The van der Waals surface area contributed by atoms with Crippen LogP contribution in [-0.2, 0) is 4.79 Å². The molecule has 0 saturated carbocycles. The Bertz CT molecular complexity index is 536. The van der Waals surface area contributed by atoms with E-state index in [4.69, 9.17) is 0 Å². The molecule has 36 heavy (non-hydrogen) atoms. The Hall–Kier alpha value is -0.570. The molecule has 0 N–H and O–H groups in total. The zero-order valence-corrected chi connectivity index (χ0v) is 25.1. The minimum Gasteiger partial charge on any atom is -0.342 e. The van der Waals surface area contributed by atoms with Crippen LogP contribution in [0.3, 0.4) is 0 Å². The molecule has 2 fully saturated rings. The molecule has 0 aromatic heterocycles. The van der Waals surface area contributed by atoms with E-state index in [2.05, 4.69) is 37.5 Å². The van der Waals surface area contributed by atoms with E-state index in [-0.39, 0.29) is 5.92 Å². The van der Waals surface area contributed by atoms with Gasteiger partial charge in [-0.3, -0.25) is 4.79 Å². The van der Waals surface area contributed by atoms with Crippen molar-refractivity contribution in [1.29, 1.82) is 0 Å². The Morgan fingerprint density at radius 3 is 1.64 bits per heavy atom. The van der Waals surface area contributed by atoms with Crippen LogP contribution in [-0.4, -0.2) is 48.4 Å². The molecule has 3 nitrogen and oxygen atoms in total. The Morgan fingerprint density at radius 1 is 0.611 bits per heavy atom. The molecule has 1 atom stereocenters. The molecule has 1 amide bonds. The third-order valence-corrected chi connectivity index (χ3v) is 9.66. The topological polar surface area (TPSA) is 23.6 Å². The molecule has 1 spiro atoms. The Morgan fingerprint density at radius 2 is 1.08 bits per heavy atom. The lowest BCUT2D eigenvalue weighted by atomic mass is 9.71. The monoisotopic (exact) mass is 505 g/mol. The number of unbranched alkanes of at least 4 members (excludes halogenated alkanes) is 8. The van der Waals surface area contributed by atoms with Gasteiger partial charge >= 0.3 is 0 Å². The first-order valence-corrected chi connectivity index (χ1v) is 16.6. The van der Waals surface area contributed by atoms with Crippen LogP contribution < -0.4 is 0 Å². The van der Waals surface area contributed by atoms with Gasteiger partial charge in [-0.25, -0.2) is 0 Å². The van der Waals surface area contributed by atoms with E-state index in [1.165, 1.54) is 135 Å². The number of nitrogens with zero attached hydrogens (tertiary/aromatic N) is 2. The first-order valence-electron chi connectivity index (χ1n) is 16.6. The van der Waals surface area contributed by atoms with E-state index in [1.807, 2.05) is 0 Å². The molecule has 3 heteroatoms. The Kier molecular flexibility index (Phi) is 16.4. The number of likely N-dealkylation sites (tertiary alicyclic amines) is 2. The Balaban J connectivity index is 1.79. The average Bonchev–Trinajstić information content (AvgIpc) is 2.90. The van der Waals surface area contributed by atoms with Crippen molar-refractivity contribution >= 4 is 5.91 Å². The lowest BCUT2D eigenvalue weighted by molar-refractivity contribution is -0.139. The summed E-state index contributed by atoms with van der Waals surface area (Å²) >= 11 is 0. The molecule has 2 heterocycles. The van der Waals surface area contributed by atoms with Crippen molar-refractivity contribution in [3.05, 3.63) is 0 Å². The van der Waals surface area contributed by atoms with Gasteiger partial charge in [0.2, 0.25) is 5.91 Å². The molecular weight excluding hydrogens is 440 g/mol. The van der Waals surface area contributed by atoms with E-state index in [0.29, 0.717) is 11.3 Å². The fourth-order valence-corrected chi connectivity index (χ4v) is 6.87. The van der Waals surface area contributed by atoms with Crippen LogP contribution in [0, 0.1) is 17.3 Å². The maximum atomic E-state index is 13.5. The molecular formula is C33H64N2O. The number of carbonyl (C=O) groups is 1. The molecule has 0 aliphatic carbocycles. The molecule has 0 radical (unpaired) electrons. The Labute approximate surface area is 226 Å². The minimum atomic E-state index is 0.289. The van der Waals surface area contributed by atoms with Gasteiger partial charge in [0, 0.05) is 25.6 Å².